The Kier molecular flexibility index (Phi) is 7.18. The highest BCUT2D eigenvalue weighted by molar-refractivity contribution is 6.09. The van der Waals surface area contributed by atoms with Crippen molar-refractivity contribution in [2.75, 3.05) is 0 Å². The van der Waals surface area contributed by atoms with Crippen LogP contribution in [-0.4, -0.2) is 15.0 Å². The van der Waals surface area contributed by atoms with Crippen molar-refractivity contribution in [3.05, 3.63) is 239 Å². The highest BCUT2D eigenvalue weighted by atomic mass is 16.3. The van der Waals surface area contributed by atoms with E-state index in [0.717, 1.165) is 51.5 Å². The van der Waals surface area contributed by atoms with Gasteiger partial charge in [0.05, 0.1) is 11.0 Å². The number of nitrogens with zero attached hydrogens (tertiary/aromatic N) is 3. The lowest BCUT2D eigenvalue weighted by atomic mass is 9.68. The molecule has 4 nitrogen and oxygen atoms in total. The monoisotopic (exact) mass is 803 g/mol. The van der Waals surface area contributed by atoms with Crippen LogP contribution in [0.4, 0.5) is 0 Å². The molecular weight excluding hydrogens is 767 g/mol. The molecule has 14 rings (SSSR count). The molecule has 0 saturated heterocycles. The van der Waals surface area contributed by atoms with Gasteiger partial charge in [0, 0.05) is 27.8 Å². The summed E-state index contributed by atoms with van der Waals surface area (Å²) in [6, 6.07) is 65.8. The van der Waals surface area contributed by atoms with Gasteiger partial charge in [0.25, 0.3) is 0 Å². The molecule has 294 valence electrons. The summed E-state index contributed by atoms with van der Waals surface area (Å²) in [6.45, 7) is 0. The van der Waals surface area contributed by atoms with Gasteiger partial charge in [0.1, 0.15) is 11.2 Å². The zero-order valence-corrected chi connectivity index (χ0v) is 34.2. The van der Waals surface area contributed by atoms with Gasteiger partial charge >= 0.3 is 0 Å². The van der Waals surface area contributed by atoms with Gasteiger partial charge in [-0.05, 0) is 116 Å². The molecule has 1 unspecified atom stereocenters. The first-order valence-corrected chi connectivity index (χ1v) is 21.9. The van der Waals surface area contributed by atoms with Gasteiger partial charge < -0.3 is 4.42 Å². The van der Waals surface area contributed by atoms with Crippen molar-refractivity contribution in [2.45, 2.75) is 24.2 Å². The predicted octanol–water partition coefficient (Wildman–Crippen LogP) is 14.4. The van der Waals surface area contributed by atoms with Gasteiger partial charge in [-0.25, -0.2) is 15.0 Å². The van der Waals surface area contributed by atoms with E-state index in [2.05, 4.69) is 158 Å². The molecule has 0 N–H and O–H groups in total. The Morgan fingerprint density at radius 2 is 1.11 bits per heavy atom. The first-order valence-electron chi connectivity index (χ1n) is 21.9. The van der Waals surface area contributed by atoms with Gasteiger partial charge in [0.2, 0.25) is 0 Å². The lowest BCUT2D eigenvalue weighted by Gasteiger charge is -2.32. The summed E-state index contributed by atoms with van der Waals surface area (Å²) in [5.74, 6) is 1.86. The first-order chi connectivity index (χ1) is 31.2. The molecule has 0 saturated carbocycles. The smallest absolute Gasteiger partial charge is 0.167 e. The number of rotatable bonds is 4. The minimum Gasteiger partial charge on any atom is -0.455 e. The molecule has 8 aromatic carbocycles. The summed E-state index contributed by atoms with van der Waals surface area (Å²) in [6.07, 6.45) is 6.91. The average molecular weight is 804 g/mol. The van der Waals surface area contributed by atoms with E-state index in [1.165, 1.54) is 72.3 Å². The zero-order valence-electron chi connectivity index (χ0n) is 34.2. The number of allylic oxidation sites excluding steroid dienone is 4. The normalized spacial score (nSPS) is 16.0. The second-order valence-corrected chi connectivity index (χ2v) is 17.3. The molecule has 0 radical (unpaired) electrons. The van der Waals surface area contributed by atoms with E-state index >= 15 is 0 Å². The molecule has 1 atom stereocenters. The van der Waals surface area contributed by atoms with E-state index in [0.29, 0.717) is 17.5 Å². The largest absolute Gasteiger partial charge is 0.455 e. The molecule has 0 aliphatic heterocycles. The molecule has 10 aromatic rings. The molecule has 4 aliphatic rings. The van der Waals surface area contributed by atoms with E-state index in [4.69, 9.17) is 19.4 Å². The molecule has 4 aliphatic carbocycles. The van der Waals surface area contributed by atoms with E-state index in [9.17, 15) is 0 Å². The maximum Gasteiger partial charge on any atom is 0.167 e. The van der Waals surface area contributed by atoms with Crippen molar-refractivity contribution in [3.63, 3.8) is 0 Å². The van der Waals surface area contributed by atoms with Crippen LogP contribution in [0.25, 0.3) is 83.9 Å². The van der Waals surface area contributed by atoms with Gasteiger partial charge in [-0.3, -0.25) is 0 Å². The van der Waals surface area contributed by atoms with Crippen LogP contribution < -0.4 is 0 Å². The lowest BCUT2D eigenvalue weighted by Crippen LogP contribution is -2.27. The third-order valence-electron chi connectivity index (χ3n) is 14.1. The maximum atomic E-state index is 6.51. The number of benzene rings is 8. The minimum atomic E-state index is -0.351. The summed E-state index contributed by atoms with van der Waals surface area (Å²) in [5.41, 5.74) is 21.7. The SMILES string of the molecule is C1=CC2=C(CC1)c1cc3c(cc1C21c2ccccc2-c2ccccc21)-c1ccccc1C3c1cccc(-c2nc(-c3ccccc3)nc(-c3cccc4c3oc3ccccc34)n2)c1. The topological polar surface area (TPSA) is 51.8 Å². The van der Waals surface area contributed by atoms with Crippen LogP contribution in [0.15, 0.2) is 204 Å². The summed E-state index contributed by atoms with van der Waals surface area (Å²) < 4.78 is 6.51. The third-order valence-corrected chi connectivity index (χ3v) is 14.1. The third kappa shape index (κ3) is 4.78. The lowest BCUT2D eigenvalue weighted by molar-refractivity contribution is 0.669. The Morgan fingerprint density at radius 3 is 1.95 bits per heavy atom. The fraction of sp³-hybridized carbons (Fsp3) is 0.0678. The fourth-order valence-electron chi connectivity index (χ4n) is 11.5. The second kappa shape index (κ2) is 13.0. The van der Waals surface area contributed by atoms with Gasteiger partial charge in [-0.1, -0.05) is 164 Å². The van der Waals surface area contributed by atoms with E-state index in [1.807, 2.05) is 36.4 Å². The Balaban J connectivity index is 0.957. The highest BCUT2D eigenvalue weighted by Crippen LogP contribution is 2.65. The van der Waals surface area contributed by atoms with Crippen molar-refractivity contribution in [3.8, 4) is 56.4 Å². The molecule has 2 aromatic heterocycles. The highest BCUT2D eigenvalue weighted by Gasteiger charge is 2.53. The van der Waals surface area contributed by atoms with Crippen molar-refractivity contribution in [2.24, 2.45) is 0 Å². The van der Waals surface area contributed by atoms with Crippen molar-refractivity contribution in [1.29, 1.82) is 0 Å². The van der Waals surface area contributed by atoms with E-state index < -0.39 is 0 Å². The average Bonchev–Trinajstić information content (AvgIpc) is 4.07. The number of hydrogen-bond acceptors (Lipinski definition) is 4. The molecule has 1 spiro atoms. The second-order valence-electron chi connectivity index (χ2n) is 17.3. The summed E-state index contributed by atoms with van der Waals surface area (Å²) in [4.78, 5) is 15.5. The van der Waals surface area contributed by atoms with Crippen molar-refractivity contribution in [1.82, 2.24) is 15.0 Å². The number of aromatic nitrogens is 3. The maximum absolute atomic E-state index is 6.51. The van der Waals surface area contributed by atoms with E-state index in [-0.39, 0.29) is 11.3 Å². The number of para-hydroxylation sites is 2. The number of hydrogen-bond donors (Lipinski definition) is 0. The Morgan fingerprint density at radius 1 is 0.460 bits per heavy atom. The van der Waals surface area contributed by atoms with Gasteiger partial charge in [0.15, 0.2) is 17.5 Å². The zero-order chi connectivity index (χ0) is 41.2. The molecule has 0 amide bonds. The van der Waals surface area contributed by atoms with Crippen LogP contribution in [0.1, 0.15) is 57.7 Å². The van der Waals surface area contributed by atoms with Crippen molar-refractivity contribution >= 4 is 27.5 Å². The Labute approximate surface area is 364 Å². The van der Waals surface area contributed by atoms with Crippen LogP contribution in [0.2, 0.25) is 0 Å². The summed E-state index contributed by atoms with van der Waals surface area (Å²) >= 11 is 0. The summed E-state index contributed by atoms with van der Waals surface area (Å²) in [5, 5.41) is 2.11. The predicted molar refractivity (Wildman–Crippen MR) is 253 cm³/mol. The van der Waals surface area contributed by atoms with Gasteiger partial charge in [-0.2, -0.15) is 0 Å². The van der Waals surface area contributed by atoms with Gasteiger partial charge in [-0.15, -0.1) is 0 Å². The summed E-state index contributed by atoms with van der Waals surface area (Å²) in [7, 11) is 0. The number of furan rings is 1. The number of fused-ring (bicyclic) bond motifs is 15. The fourth-order valence-corrected chi connectivity index (χ4v) is 11.5. The van der Waals surface area contributed by atoms with Crippen LogP contribution in [0.3, 0.4) is 0 Å². The van der Waals surface area contributed by atoms with Crippen molar-refractivity contribution < 1.29 is 4.42 Å². The molecule has 0 fully saturated rings. The molecule has 0 bridgehead atoms. The van der Waals surface area contributed by atoms with Crippen LogP contribution in [0.5, 0.6) is 0 Å². The van der Waals surface area contributed by atoms with E-state index in [1.54, 1.807) is 0 Å². The van der Waals surface area contributed by atoms with Crippen LogP contribution in [0, 0.1) is 0 Å². The quantitative estimate of drug-likeness (QED) is 0.178. The standard InChI is InChI=1S/C59H37N3O/c1-2-16-35(17-3-1)56-60-57(62-58(61-56)45-27-15-26-44-42-24-9-13-31-53(42)63-55(44)45)37-19-14-18-36(32-37)54-43-25-5-4-20-38(43)46-34-52-47(33-48(46)54)41-23-8-12-30-51(41)59(52)49-28-10-6-21-39(49)40-22-7-11-29-50(40)59/h1-7,9-22,24-34,54H,8,23H2. The van der Waals surface area contributed by atoms with Crippen LogP contribution >= 0.6 is 0 Å². The minimum absolute atomic E-state index is 0.0310. The molecular formula is C59H37N3O. The Hall–Kier alpha value is -7.95. The molecule has 4 heteroatoms. The first kappa shape index (κ1) is 34.7. The van der Waals surface area contributed by atoms with Crippen LogP contribution in [-0.2, 0) is 5.41 Å². The Bertz CT molecular complexity index is 3600. The molecule has 2 heterocycles. The molecule has 63 heavy (non-hydrogen) atoms.